The van der Waals surface area contributed by atoms with Crippen molar-refractivity contribution >= 4 is 8.03 Å². The minimum absolute atomic E-state index is 0.458. The van der Waals surface area contributed by atoms with Crippen LogP contribution in [0.15, 0.2) is 0 Å². The lowest BCUT2D eigenvalue weighted by Gasteiger charge is -2.03. The maximum atomic E-state index is 10.9. The van der Waals surface area contributed by atoms with Gasteiger partial charge in [-0.25, -0.2) is 0 Å². The SMILES string of the molecule is CC[P+](=O)OC(O)CCCCCCN. The monoisotopic (exact) mass is 222 g/mol. The molecule has 0 spiro atoms. The second-order valence-electron chi connectivity index (χ2n) is 3.20. The molecule has 2 unspecified atom stereocenters. The number of aliphatic hydroxyl groups is 1. The number of hydrogen-bond acceptors (Lipinski definition) is 4. The predicted molar refractivity (Wildman–Crippen MR) is 57.4 cm³/mol. The number of nitrogens with two attached hydrogens (primary N) is 1. The summed E-state index contributed by atoms with van der Waals surface area (Å²) in [5.41, 5.74) is 5.34. The first-order valence-corrected chi connectivity index (χ1v) is 6.56. The molecule has 0 aliphatic heterocycles. The van der Waals surface area contributed by atoms with E-state index in [0.717, 1.165) is 32.2 Å². The fraction of sp³-hybridized carbons (Fsp3) is 1.00. The molecule has 2 atom stereocenters. The second kappa shape index (κ2) is 9.53. The van der Waals surface area contributed by atoms with E-state index in [1.165, 1.54) is 0 Å². The summed E-state index contributed by atoms with van der Waals surface area (Å²) in [4.78, 5) is 0. The van der Waals surface area contributed by atoms with Crippen LogP contribution in [0.2, 0.25) is 0 Å². The van der Waals surface area contributed by atoms with Crippen LogP contribution in [-0.4, -0.2) is 24.1 Å². The molecule has 14 heavy (non-hydrogen) atoms. The van der Waals surface area contributed by atoms with Crippen molar-refractivity contribution in [2.45, 2.75) is 45.3 Å². The maximum absolute atomic E-state index is 10.9. The summed E-state index contributed by atoms with van der Waals surface area (Å²) in [5.74, 6) is 0. The molecule has 0 bridgehead atoms. The molecule has 0 rings (SSSR count). The van der Waals surface area contributed by atoms with Gasteiger partial charge in [0.25, 0.3) is 0 Å². The van der Waals surface area contributed by atoms with Gasteiger partial charge in [0.1, 0.15) is 0 Å². The number of unbranched alkanes of at least 4 members (excludes halogenated alkanes) is 3. The Morgan fingerprint density at radius 1 is 1.36 bits per heavy atom. The number of aliphatic hydroxyl groups excluding tert-OH is 1. The summed E-state index contributed by atoms with van der Waals surface area (Å²) in [6.45, 7) is 2.49. The van der Waals surface area contributed by atoms with Crippen LogP contribution >= 0.6 is 8.03 Å². The van der Waals surface area contributed by atoms with Crippen molar-refractivity contribution in [3.63, 3.8) is 0 Å². The van der Waals surface area contributed by atoms with Gasteiger partial charge < -0.3 is 10.8 Å². The minimum atomic E-state index is -1.67. The van der Waals surface area contributed by atoms with Crippen LogP contribution in [0.25, 0.3) is 0 Å². The number of hydrogen-bond donors (Lipinski definition) is 2. The molecule has 5 heteroatoms. The molecule has 0 saturated heterocycles. The summed E-state index contributed by atoms with van der Waals surface area (Å²) < 4.78 is 15.8. The molecule has 0 heterocycles. The van der Waals surface area contributed by atoms with E-state index in [-0.39, 0.29) is 0 Å². The topological polar surface area (TPSA) is 72.5 Å². The zero-order valence-corrected chi connectivity index (χ0v) is 9.71. The Bertz CT molecular complexity index is 155. The van der Waals surface area contributed by atoms with Crippen LogP contribution < -0.4 is 5.73 Å². The van der Waals surface area contributed by atoms with E-state index in [1.54, 1.807) is 6.92 Å². The molecule has 0 aromatic rings. The van der Waals surface area contributed by atoms with Crippen molar-refractivity contribution in [2.75, 3.05) is 12.7 Å². The van der Waals surface area contributed by atoms with Gasteiger partial charge in [0.05, 0.1) is 0 Å². The molecule has 3 N–H and O–H groups in total. The molecule has 0 aromatic heterocycles. The first-order chi connectivity index (χ1) is 6.70. The standard InChI is InChI=1S/C9H21NO3P/c1-2-14(12)13-9(11)7-5-3-4-6-8-10/h9,11H,2-8,10H2,1H3/q+1. The van der Waals surface area contributed by atoms with E-state index in [2.05, 4.69) is 0 Å². The van der Waals surface area contributed by atoms with Gasteiger partial charge in [0.2, 0.25) is 6.29 Å². The molecule has 4 nitrogen and oxygen atoms in total. The summed E-state index contributed by atoms with van der Waals surface area (Å²) in [7, 11) is -1.67. The lowest BCUT2D eigenvalue weighted by molar-refractivity contribution is -0.0183. The first kappa shape index (κ1) is 14.0. The molecular formula is C9H21NO3P+. The zero-order chi connectivity index (χ0) is 10.8. The molecular weight excluding hydrogens is 201 g/mol. The highest BCUT2D eigenvalue weighted by Crippen LogP contribution is 2.24. The van der Waals surface area contributed by atoms with Crippen molar-refractivity contribution in [2.24, 2.45) is 5.73 Å². The Morgan fingerprint density at radius 3 is 2.57 bits per heavy atom. The van der Waals surface area contributed by atoms with E-state index in [9.17, 15) is 9.67 Å². The minimum Gasteiger partial charge on any atom is -0.364 e. The zero-order valence-electron chi connectivity index (χ0n) is 8.82. The molecule has 0 radical (unpaired) electrons. The second-order valence-corrected chi connectivity index (χ2v) is 4.71. The van der Waals surface area contributed by atoms with Crippen LogP contribution in [0.5, 0.6) is 0 Å². The Kier molecular flexibility index (Phi) is 9.52. The Hall–Kier alpha value is -0.0200. The van der Waals surface area contributed by atoms with Gasteiger partial charge in [-0.15, -0.1) is 4.52 Å². The van der Waals surface area contributed by atoms with Crippen molar-refractivity contribution in [3.8, 4) is 0 Å². The predicted octanol–water partition coefficient (Wildman–Crippen LogP) is 1.99. The fourth-order valence-corrected chi connectivity index (χ4v) is 1.61. The van der Waals surface area contributed by atoms with Gasteiger partial charge >= 0.3 is 8.03 Å². The highest BCUT2D eigenvalue weighted by molar-refractivity contribution is 7.39. The number of rotatable bonds is 9. The van der Waals surface area contributed by atoms with Crippen LogP contribution in [-0.2, 0) is 9.09 Å². The largest absolute Gasteiger partial charge is 0.510 e. The highest BCUT2D eigenvalue weighted by Gasteiger charge is 2.19. The molecule has 0 aromatic carbocycles. The molecule has 0 fully saturated rings. The van der Waals surface area contributed by atoms with Gasteiger partial charge in [0.15, 0.2) is 6.16 Å². The van der Waals surface area contributed by atoms with Gasteiger partial charge in [-0.2, -0.15) is 0 Å². The van der Waals surface area contributed by atoms with Crippen LogP contribution in [0.1, 0.15) is 39.0 Å². The summed E-state index contributed by atoms with van der Waals surface area (Å²) in [5, 5.41) is 9.28. The van der Waals surface area contributed by atoms with Gasteiger partial charge in [-0.1, -0.05) is 12.8 Å². The summed E-state index contributed by atoms with van der Waals surface area (Å²) in [6.07, 6.45) is 4.21. The van der Waals surface area contributed by atoms with Crippen LogP contribution in [0.4, 0.5) is 0 Å². The lowest BCUT2D eigenvalue weighted by atomic mass is 10.1. The van der Waals surface area contributed by atoms with Crippen molar-refractivity contribution in [1.82, 2.24) is 0 Å². The average molecular weight is 222 g/mol. The van der Waals surface area contributed by atoms with E-state index in [4.69, 9.17) is 10.3 Å². The molecule has 84 valence electrons. The first-order valence-electron chi connectivity index (χ1n) is 5.20. The van der Waals surface area contributed by atoms with Gasteiger partial charge in [0, 0.05) is 6.42 Å². The quantitative estimate of drug-likeness (QED) is 0.355. The smallest absolute Gasteiger partial charge is 0.364 e. The molecule has 0 amide bonds. The lowest BCUT2D eigenvalue weighted by Crippen LogP contribution is -2.07. The van der Waals surface area contributed by atoms with Crippen molar-refractivity contribution < 1.29 is 14.2 Å². The Labute approximate surface area is 86.7 Å². The van der Waals surface area contributed by atoms with Gasteiger partial charge in [-0.3, -0.25) is 0 Å². The van der Waals surface area contributed by atoms with E-state index >= 15 is 0 Å². The van der Waals surface area contributed by atoms with E-state index in [1.807, 2.05) is 0 Å². The third-order valence-corrected chi connectivity index (χ3v) is 2.90. The molecule has 0 aliphatic rings. The fourth-order valence-electron chi connectivity index (χ4n) is 1.08. The maximum Gasteiger partial charge on any atom is 0.510 e. The average Bonchev–Trinajstić information content (AvgIpc) is 2.17. The Balaban J connectivity index is 3.26. The summed E-state index contributed by atoms with van der Waals surface area (Å²) >= 11 is 0. The summed E-state index contributed by atoms with van der Waals surface area (Å²) in [6, 6.07) is 0. The molecule has 0 aliphatic carbocycles. The van der Waals surface area contributed by atoms with Gasteiger partial charge in [-0.05, 0) is 30.9 Å². The third kappa shape index (κ3) is 8.57. The van der Waals surface area contributed by atoms with E-state index in [0.29, 0.717) is 12.6 Å². The van der Waals surface area contributed by atoms with E-state index < -0.39 is 14.3 Å². The normalized spacial score (nSPS) is 14.1. The highest BCUT2D eigenvalue weighted by atomic mass is 31.1. The Morgan fingerprint density at radius 2 is 2.00 bits per heavy atom. The van der Waals surface area contributed by atoms with Crippen LogP contribution in [0.3, 0.4) is 0 Å². The van der Waals surface area contributed by atoms with Crippen molar-refractivity contribution in [1.29, 1.82) is 0 Å². The third-order valence-electron chi connectivity index (χ3n) is 1.90. The molecule has 0 saturated carbocycles. The van der Waals surface area contributed by atoms with Crippen molar-refractivity contribution in [3.05, 3.63) is 0 Å². The van der Waals surface area contributed by atoms with Crippen LogP contribution in [0, 0.1) is 0 Å².